The van der Waals surface area contributed by atoms with Crippen molar-refractivity contribution in [1.82, 2.24) is 0 Å². The quantitative estimate of drug-likeness (QED) is 0.192. The number of hydrogen-bond donors (Lipinski definition) is 0. The van der Waals surface area contributed by atoms with Crippen LogP contribution in [0.15, 0.2) is 134 Å². The molecule has 1 unspecified atom stereocenters. The summed E-state index contributed by atoms with van der Waals surface area (Å²) in [7, 11) is -3.00. The zero-order valence-electron chi connectivity index (χ0n) is 19.4. The highest BCUT2D eigenvalue weighted by molar-refractivity contribution is 7.79. The van der Waals surface area contributed by atoms with Crippen LogP contribution in [0.2, 0.25) is 0 Å². The lowest BCUT2D eigenvalue weighted by Crippen LogP contribution is -2.19. The molecule has 0 bridgehead atoms. The van der Waals surface area contributed by atoms with Crippen LogP contribution in [0.4, 0.5) is 0 Å². The van der Waals surface area contributed by atoms with Crippen molar-refractivity contribution in [2.45, 2.75) is 0 Å². The van der Waals surface area contributed by atoms with Crippen LogP contribution < -0.4 is 10.6 Å². The molecule has 0 N–H and O–H groups in total. The molecule has 0 saturated heterocycles. The van der Waals surface area contributed by atoms with Gasteiger partial charge in [-0.1, -0.05) is 128 Å². The molecule has 1 nitrogen and oxygen atoms in total. The molecule has 1 heterocycles. The Balaban J connectivity index is 1.78. The predicted molar refractivity (Wildman–Crippen MR) is 153 cm³/mol. The second-order valence-electron chi connectivity index (χ2n) is 8.88. The zero-order valence-corrected chi connectivity index (χ0v) is 20.3. The number of fused-ring (bicyclic) bond motifs is 9. The fraction of sp³-hybridized carbons (Fsp3) is 0.0303. The van der Waals surface area contributed by atoms with Crippen molar-refractivity contribution in [3.05, 3.63) is 134 Å². The third kappa shape index (κ3) is 3.43. The van der Waals surface area contributed by atoms with Gasteiger partial charge in [-0.3, -0.25) is 0 Å². The van der Waals surface area contributed by atoms with E-state index < -0.39 is 7.14 Å². The minimum atomic E-state index is -3.00. The predicted octanol–water partition coefficient (Wildman–Crippen LogP) is 8.25. The Morgan fingerprint density at radius 1 is 0.600 bits per heavy atom. The molecule has 35 heavy (non-hydrogen) atoms. The van der Waals surface area contributed by atoms with Crippen LogP contribution in [-0.2, 0) is 4.57 Å². The first-order chi connectivity index (χ1) is 17.2. The fourth-order valence-electron chi connectivity index (χ4n) is 5.36. The van der Waals surface area contributed by atoms with E-state index in [0.717, 1.165) is 38.1 Å². The van der Waals surface area contributed by atoms with Crippen molar-refractivity contribution in [3.8, 4) is 22.3 Å². The normalized spacial score (nSPS) is 16.8. The van der Waals surface area contributed by atoms with Crippen LogP contribution in [0, 0.1) is 0 Å². The summed E-state index contributed by atoms with van der Waals surface area (Å²) in [6.45, 7) is 3.74. The largest absolute Gasteiger partial charge is 0.313 e. The van der Waals surface area contributed by atoms with Gasteiger partial charge < -0.3 is 4.57 Å². The van der Waals surface area contributed by atoms with E-state index in [4.69, 9.17) is 0 Å². The molecule has 0 fully saturated rings. The van der Waals surface area contributed by atoms with E-state index in [-0.39, 0.29) is 0 Å². The van der Waals surface area contributed by atoms with Gasteiger partial charge in [-0.15, -0.1) is 0 Å². The summed E-state index contributed by atoms with van der Waals surface area (Å²) in [6.07, 6.45) is 10.0. The highest BCUT2D eigenvalue weighted by Gasteiger charge is 2.36. The van der Waals surface area contributed by atoms with Gasteiger partial charge in [-0.2, -0.15) is 0 Å². The Morgan fingerprint density at radius 2 is 1.26 bits per heavy atom. The highest BCUT2D eigenvalue weighted by atomic mass is 31.2. The maximum Gasteiger partial charge on any atom is 0.148 e. The minimum Gasteiger partial charge on any atom is -0.313 e. The summed E-state index contributed by atoms with van der Waals surface area (Å²) in [5.41, 5.74) is 4.48. The molecular weight excluding hydrogens is 443 g/mol. The number of allylic oxidation sites excluding steroid dienone is 5. The molecule has 168 valence electrons. The van der Waals surface area contributed by atoms with E-state index in [1.54, 1.807) is 6.08 Å². The number of benzene rings is 5. The van der Waals surface area contributed by atoms with E-state index in [1.807, 2.05) is 30.4 Å². The van der Waals surface area contributed by atoms with Crippen LogP contribution in [0.3, 0.4) is 0 Å². The molecule has 1 atom stereocenters. The minimum absolute atomic E-state index is 0.461. The van der Waals surface area contributed by atoms with Crippen LogP contribution in [0.25, 0.3) is 43.8 Å². The molecular formula is C33H25OP. The van der Waals surface area contributed by atoms with Crippen LogP contribution >= 0.6 is 7.14 Å². The summed E-state index contributed by atoms with van der Waals surface area (Å²) in [5, 5.41) is 6.56. The van der Waals surface area contributed by atoms with Crippen molar-refractivity contribution in [3.63, 3.8) is 0 Å². The van der Waals surface area contributed by atoms with Crippen molar-refractivity contribution in [1.29, 1.82) is 0 Å². The third-order valence-electron chi connectivity index (χ3n) is 6.92. The topological polar surface area (TPSA) is 17.1 Å². The van der Waals surface area contributed by atoms with Gasteiger partial charge in [0, 0.05) is 22.3 Å². The molecule has 0 saturated carbocycles. The maximum atomic E-state index is 15.3. The van der Waals surface area contributed by atoms with Crippen molar-refractivity contribution < 1.29 is 4.57 Å². The third-order valence-corrected chi connectivity index (χ3v) is 9.96. The molecule has 1 aliphatic heterocycles. The monoisotopic (exact) mass is 468 g/mol. The Bertz CT molecular complexity index is 1720. The van der Waals surface area contributed by atoms with Gasteiger partial charge >= 0.3 is 0 Å². The van der Waals surface area contributed by atoms with Gasteiger partial charge in [0.25, 0.3) is 0 Å². The number of rotatable bonds is 4. The van der Waals surface area contributed by atoms with E-state index in [2.05, 4.69) is 97.6 Å². The Kier molecular flexibility index (Phi) is 5.36. The number of hydrogen-bond acceptors (Lipinski definition) is 1. The van der Waals surface area contributed by atoms with E-state index in [0.29, 0.717) is 6.16 Å². The first-order valence-corrected chi connectivity index (χ1v) is 13.8. The molecule has 0 aromatic heterocycles. The lowest BCUT2D eigenvalue weighted by atomic mass is 9.87. The van der Waals surface area contributed by atoms with Crippen molar-refractivity contribution in [2.24, 2.45) is 0 Å². The summed E-state index contributed by atoms with van der Waals surface area (Å²) in [6, 6.07) is 33.9. The molecule has 0 amide bonds. The van der Waals surface area contributed by atoms with Gasteiger partial charge in [0.2, 0.25) is 0 Å². The molecule has 1 aliphatic rings. The summed E-state index contributed by atoms with van der Waals surface area (Å²) < 4.78 is 15.3. The summed E-state index contributed by atoms with van der Waals surface area (Å²) in [4.78, 5) is 0. The zero-order chi connectivity index (χ0) is 23.8. The van der Waals surface area contributed by atoms with E-state index in [9.17, 15) is 0 Å². The van der Waals surface area contributed by atoms with E-state index >= 15 is 4.57 Å². The van der Waals surface area contributed by atoms with Crippen LogP contribution in [0.1, 0.15) is 0 Å². The smallest absolute Gasteiger partial charge is 0.148 e. The van der Waals surface area contributed by atoms with Crippen LogP contribution in [-0.4, -0.2) is 6.16 Å². The average molecular weight is 469 g/mol. The first-order valence-electron chi connectivity index (χ1n) is 11.9. The molecule has 0 aliphatic carbocycles. The standard InChI is InChI=1S/C33H25OP/c1-2-3-4-5-12-23-35(34)30-18-11-10-17-28(30)29-21-19-24-13-6-8-15-26(24)32(29)33-27-16-9-7-14-25(27)20-22-31(33)35/h2-22H,1,23H2/b4-3-,12-5-. The molecule has 0 radical (unpaired) electrons. The van der Waals surface area contributed by atoms with Crippen molar-refractivity contribution >= 4 is 39.3 Å². The fourth-order valence-corrected chi connectivity index (χ4v) is 8.25. The lowest BCUT2D eigenvalue weighted by Gasteiger charge is -2.21. The second-order valence-corrected chi connectivity index (χ2v) is 11.7. The Hall–Kier alpha value is -3.93. The lowest BCUT2D eigenvalue weighted by molar-refractivity contribution is 0.589. The first kappa shape index (κ1) is 21.6. The van der Waals surface area contributed by atoms with E-state index in [1.165, 1.54) is 16.3 Å². The van der Waals surface area contributed by atoms with Gasteiger partial charge in [0.05, 0.1) is 0 Å². The summed E-state index contributed by atoms with van der Waals surface area (Å²) >= 11 is 0. The molecule has 0 spiro atoms. The second kappa shape index (κ2) is 8.69. The van der Waals surface area contributed by atoms with Crippen molar-refractivity contribution in [2.75, 3.05) is 6.16 Å². The van der Waals surface area contributed by atoms with Gasteiger partial charge in [-0.05, 0) is 44.3 Å². The Morgan fingerprint density at radius 3 is 2.03 bits per heavy atom. The molecule has 5 aromatic rings. The molecule has 5 aromatic carbocycles. The Labute approximate surface area is 206 Å². The summed E-state index contributed by atoms with van der Waals surface area (Å²) in [5.74, 6) is 0. The van der Waals surface area contributed by atoms with Crippen LogP contribution in [0.5, 0.6) is 0 Å². The van der Waals surface area contributed by atoms with Gasteiger partial charge in [0.1, 0.15) is 7.14 Å². The molecule has 6 rings (SSSR count). The SMILES string of the molecule is C=C/C=C\C=C/CP1(=O)c2ccccc2-c2ccc3ccccc3c2-c2c1ccc1ccccc21. The van der Waals surface area contributed by atoms with Gasteiger partial charge in [0.15, 0.2) is 0 Å². The average Bonchev–Trinajstić information content (AvgIpc) is 3.00. The maximum absolute atomic E-state index is 15.3. The highest BCUT2D eigenvalue weighted by Crippen LogP contribution is 2.54. The molecule has 2 heteroatoms. The van der Waals surface area contributed by atoms with Gasteiger partial charge in [-0.25, -0.2) is 0 Å².